The molecule has 1 aliphatic carbocycles. The molecule has 91 valence electrons. The quantitative estimate of drug-likeness (QED) is 0.861. The summed E-state index contributed by atoms with van der Waals surface area (Å²) in [7, 11) is 0. The van der Waals surface area contributed by atoms with E-state index in [1.807, 2.05) is 12.1 Å². The monoisotopic (exact) mass is 232 g/mol. The first-order valence-corrected chi connectivity index (χ1v) is 6.10. The fourth-order valence-corrected chi connectivity index (χ4v) is 1.53. The van der Waals surface area contributed by atoms with Gasteiger partial charge in [-0.15, -0.1) is 0 Å². The first-order valence-electron chi connectivity index (χ1n) is 6.10. The second kappa shape index (κ2) is 5.21. The molecule has 0 saturated heterocycles. The summed E-state index contributed by atoms with van der Waals surface area (Å²) >= 11 is 0. The van der Waals surface area contributed by atoms with Gasteiger partial charge in [0.15, 0.2) is 0 Å². The van der Waals surface area contributed by atoms with Gasteiger partial charge in [0.05, 0.1) is 6.61 Å². The zero-order valence-corrected chi connectivity index (χ0v) is 10.3. The smallest absolute Gasteiger partial charge is 0.411 e. The lowest BCUT2D eigenvalue weighted by atomic mass is 10.0. The van der Waals surface area contributed by atoms with E-state index >= 15 is 0 Å². The molecule has 0 aromatic heterocycles. The van der Waals surface area contributed by atoms with Crippen molar-refractivity contribution in [2.45, 2.75) is 32.6 Å². The molecule has 1 aliphatic rings. The maximum Gasteiger partial charge on any atom is 0.411 e. The Labute approximate surface area is 102 Å². The Morgan fingerprint density at radius 2 is 2.29 bits per heavy atom. The number of carbonyl (C=O) groups excluding carboxylic acids is 1. The minimum atomic E-state index is -0.369. The van der Waals surface area contributed by atoms with E-state index in [1.165, 1.54) is 12.8 Å². The molecule has 1 amide bonds. The van der Waals surface area contributed by atoms with Crippen molar-refractivity contribution in [3.63, 3.8) is 0 Å². The van der Waals surface area contributed by atoms with Gasteiger partial charge in [0.25, 0.3) is 0 Å². The van der Waals surface area contributed by atoms with Crippen LogP contribution in [0.15, 0.2) is 18.2 Å². The van der Waals surface area contributed by atoms with Crippen LogP contribution < -0.4 is 5.32 Å². The molecule has 1 radical (unpaired) electrons. The molecule has 0 aliphatic heterocycles. The maximum absolute atomic E-state index is 11.5. The lowest BCUT2D eigenvalue weighted by molar-refractivity contribution is 0.156. The summed E-state index contributed by atoms with van der Waals surface area (Å²) in [6, 6.07) is 8.67. The highest BCUT2D eigenvalue weighted by molar-refractivity contribution is 5.84. The van der Waals surface area contributed by atoms with Gasteiger partial charge >= 0.3 is 6.09 Å². The number of anilines is 1. The second-order valence-electron chi connectivity index (χ2n) is 4.88. The second-order valence-corrected chi connectivity index (χ2v) is 4.88. The third kappa shape index (κ3) is 3.77. The van der Waals surface area contributed by atoms with Crippen LogP contribution in [-0.4, -0.2) is 12.7 Å². The number of hydrogen-bond acceptors (Lipinski definition) is 2. The topological polar surface area (TPSA) is 38.3 Å². The molecule has 3 heteroatoms. The molecule has 1 aromatic carbocycles. The van der Waals surface area contributed by atoms with E-state index in [1.54, 1.807) is 6.07 Å². The summed E-state index contributed by atoms with van der Waals surface area (Å²) in [5.41, 5.74) is 1.90. The SMILES string of the molecule is CC(C)c1c[c]cc(NC(=O)OCC2CC2)c1. The highest BCUT2D eigenvalue weighted by Gasteiger charge is 2.22. The average molecular weight is 232 g/mol. The summed E-state index contributed by atoms with van der Waals surface area (Å²) in [5, 5.41) is 2.73. The van der Waals surface area contributed by atoms with Gasteiger partial charge < -0.3 is 4.74 Å². The fraction of sp³-hybridized carbons (Fsp3) is 0.500. The van der Waals surface area contributed by atoms with Crippen molar-refractivity contribution in [1.29, 1.82) is 0 Å². The molecule has 0 bridgehead atoms. The van der Waals surface area contributed by atoms with Crippen LogP contribution in [0.2, 0.25) is 0 Å². The minimum Gasteiger partial charge on any atom is -0.449 e. The van der Waals surface area contributed by atoms with Gasteiger partial charge in [-0.1, -0.05) is 19.9 Å². The van der Waals surface area contributed by atoms with Crippen molar-refractivity contribution in [3.05, 3.63) is 29.8 Å². The Hall–Kier alpha value is -1.51. The molecular weight excluding hydrogens is 214 g/mol. The molecule has 0 spiro atoms. The predicted molar refractivity (Wildman–Crippen MR) is 67.1 cm³/mol. The molecule has 3 nitrogen and oxygen atoms in total. The number of amides is 1. The van der Waals surface area contributed by atoms with Crippen LogP contribution in [0, 0.1) is 12.0 Å². The van der Waals surface area contributed by atoms with Crippen LogP contribution in [0.1, 0.15) is 38.2 Å². The third-order valence-corrected chi connectivity index (χ3v) is 2.87. The molecular formula is C14H18NO2. The minimum absolute atomic E-state index is 0.369. The molecule has 1 N–H and O–H groups in total. The molecule has 1 aromatic rings. The van der Waals surface area contributed by atoms with Crippen LogP contribution in [0.4, 0.5) is 10.5 Å². The van der Waals surface area contributed by atoms with Crippen LogP contribution in [0.3, 0.4) is 0 Å². The number of nitrogens with one attached hydrogen (secondary N) is 1. The Morgan fingerprint density at radius 3 is 2.94 bits per heavy atom. The van der Waals surface area contributed by atoms with Crippen molar-refractivity contribution < 1.29 is 9.53 Å². The zero-order valence-electron chi connectivity index (χ0n) is 10.3. The van der Waals surface area contributed by atoms with E-state index in [0.29, 0.717) is 18.4 Å². The van der Waals surface area contributed by atoms with Crippen LogP contribution in [0.5, 0.6) is 0 Å². The summed E-state index contributed by atoms with van der Waals surface area (Å²) in [6.07, 6.45) is 2.00. The lowest BCUT2D eigenvalue weighted by Gasteiger charge is -2.09. The largest absolute Gasteiger partial charge is 0.449 e. The first-order chi connectivity index (χ1) is 8.15. The first kappa shape index (κ1) is 12.0. The van der Waals surface area contributed by atoms with Crippen molar-refractivity contribution >= 4 is 11.8 Å². The molecule has 17 heavy (non-hydrogen) atoms. The van der Waals surface area contributed by atoms with Gasteiger partial charge in [-0.05, 0) is 48.4 Å². The summed E-state index contributed by atoms with van der Waals surface area (Å²) in [5.74, 6) is 1.02. The van der Waals surface area contributed by atoms with Crippen molar-refractivity contribution in [3.8, 4) is 0 Å². The number of hydrogen-bond donors (Lipinski definition) is 1. The van der Waals surface area contributed by atoms with Gasteiger partial charge in [-0.25, -0.2) is 4.79 Å². The van der Waals surface area contributed by atoms with E-state index in [9.17, 15) is 4.79 Å². The van der Waals surface area contributed by atoms with E-state index in [4.69, 9.17) is 4.74 Å². The summed E-state index contributed by atoms with van der Waals surface area (Å²) < 4.78 is 5.11. The van der Waals surface area contributed by atoms with Crippen LogP contribution in [-0.2, 0) is 4.74 Å². The number of ether oxygens (including phenoxy) is 1. The highest BCUT2D eigenvalue weighted by atomic mass is 16.5. The lowest BCUT2D eigenvalue weighted by Crippen LogP contribution is -2.15. The highest BCUT2D eigenvalue weighted by Crippen LogP contribution is 2.28. The fourth-order valence-electron chi connectivity index (χ4n) is 1.53. The van der Waals surface area contributed by atoms with E-state index in [2.05, 4.69) is 25.2 Å². The van der Waals surface area contributed by atoms with Crippen LogP contribution in [0.25, 0.3) is 0 Å². The Balaban J connectivity index is 1.87. The van der Waals surface area contributed by atoms with Gasteiger partial charge in [-0.3, -0.25) is 5.32 Å². The number of carbonyl (C=O) groups is 1. The van der Waals surface area contributed by atoms with E-state index in [0.717, 1.165) is 11.3 Å². The van der Waals surface area contributed by atoms with Gasteiger partial charge in [0.1, 0.15) is 0 Å². The molecule has 1 fully saturated rings. The molecule has 0 unspecified atom stereocenters. The van der Waals surface area contributed by atoms with Gasteiger partial charge in [-0.2, -0.15) is 0 Å². The number of benzene rings is 1. The molecule has 0 atom stereocenters. The summed E-state index contributed by atoms with van der Waals surface area (Å²) in [6.45, 7) is 4.76. The van der Waals surface area contributed by atoms with E-state index < -0.39 is 0 Å². The zero-order chi connectivity index (χ0) is 12.3. The Morgan fingerprint density at radius 1 is 1.53 bits per heavy atom. The van der Waals surface area contributed by atoms with E-state index in [-0.39, 0.29) is 6.09 Å². The molecule has 0 heterocycles. The molecule has 1 saturated carbocycles. The standard InChI is InChI=1S/C14H18NO2/c1-10(2)12-4-3-5-13(8-12)15-14(16)17-9-11-6-7-11/h4-5,8,10-11H,6-7,9H2,1-2H3,(H,15,16). The number of rotatable bonds is 4. The predicted octanol–water partition coefficient (Wildman–Crippen LogP) is 3.57. The van der Waals surface area contributed by atoms with Crippen molar-refractivity contribution in [2.24, 2.45) is 5.92 Å². The van der Waals surface area contributed by atoms with Crippen LogP contribution >= 0.6 is 0 Å². The third-order valence-electron chi connectivity index (χ3n) is 2.87. The van der Waals surface area contributed by atoms with Gasteiger partial charge in [0, 0.05) is 5.69 Å². The Kier molecular flexibility index (Phi) is 3.67. The molecule has 2 rings (SSSR count). The average Bonchev–Trinajstić information content (AvgIpc) is 3.10. The Bertz CT molecular complexity index is 397. The summed E-state index contributed by atoms with van der Waals surface area (Å²) in [4.78, 5) is 11.5. The maximum atomic E-state index is 11.5. The van der Waals surface area contributed by atoms with Crippen molar-refractivity contribution in [2.75, 3.05) is 11.9 Å². The van der Waals surface area contributed by atoms with Crippen molar-refractivity contribution in [1.82, 2.24) is 0 Å². The van der Waals surface area contributed by atoms with Gasteiger partial charge in [0.2, 0.25) is 0 Å². The normalized spacial score (nSPS) is 14.8.